The number of piperidine rings is 1. The van der Waals surface area contributed by atoms with Gasteiger partial charge < -0.3 is 34.9 Å². The maximum absolute atomic E-state index is 14.9. The lowest BCUT2D eigenvalue weighted by Gasteiger charge is -2.29. The molecule has 2 aromatic heterocycles. The fourth-order valence-corrected chi connectivity index (χ4v) is 8.39. The Kier molecular flexibility index (Phi) is 14.7. The molecule has 2 atom stereocenters. The minimum atomic E-state index is -0.868. The van der Waals surface area contributed by atoms with Gasteiger partial charge >= 0.3 is 0 Å². The summed E-state index contributed by atoms with van der Waals surface area (Å²) in [6.45, 7) is 1.59. The van der Waals surface area contributed by atoms with Crippen molar-refractivity contribution in [3.05, 3.63) is 136 Å². The van der Waals surface area contributed by atoms with E-state index < -0.39 is 29.7 Å². The summed E-state index contributed by atoms with van der Waals surface area (Å²) in [6, 6.07) is 20.4. The third kappa shape index (κ3) is 11.1. The number of aliphatic hydroxyl groups excluding tert-OH is 1. The van der Waals surface area contributed by atoms with Gasteiger partial charge in [-0.3, -0.25) is 29.5 Å². The van der Waals surface area contributed by atoms with Crippen molar-refractivity contribution in [2.45, 2.75) is 51.0 Å². The van der Waals surface area contributed by atoms with Crippen molar-refractivity contribution in [3.8, 4) is 22.5 Å². The number of rotatable bonds is 19. The molecule has 0 aliphatic carbocycles. The number of carbonyl (C=O) groups excluding carboxylic acids is 4. The molecule has 21 heteroatoms. The number of carbonyl (C=O) groups is 4. The second-order valence-corrected chi connectivity index (χ2v) is 17.0. The molecule has 0 radical (unpaired) electrons. The van der Waals surface area contributed by atoms with Crippen LogP contribution in [0.3, 0.4) is 0 Å². The van der Waals surface area contributed by atoms with Crippen LogP contribution in [-0.2, 0) is 48.2 Å². The Morgan fingerprint density at radius 2 is 1.64 bits per heavy atom. The van der Waals surface area contributed by atoms with E-state index in [9.17, 15) is 33.1 Å². The van der Waals surface area contributed by atoms with Crippen LogP contribution in [0.4, 0.5) is 26.1 Å². The number of fused-ring (bicyclic) bond motifs is 4. The zero-order valence-electron chi connectivity index (χ0n) is 37.4. The first-order valence-electron chi connectivity index (χ1n) is 22.4. The zero-order chi connectivity index (χ0) is 48.7. The molecule has 1 fully saturated rings. The number of halogens is 3. The lowest BCUT2D eigenvalue weighted by Crippen LogP contribution is -2.52. The highest BCUT2D eigenvalue weighted by molar-refractivity contribution is 6.31. The Balaban J connectivity index is 0.660. The van der Waals surface area contributed by atoms with Gasteiger partial charge in [0.25, 0.3) is 5.91 Å². The fourth-order valence-electron chi connectivity index (χ4n) is 8.22. The lowest BCUT2D eigenvalue weighted by atomic mass is 9.95. The third-order valence-corrected chi connectivity index (χ3v) is 11.9. The summed E-state index contributed by atoms with van der Waals surface area (Å²) in [7, 11) is 0. The van der Waals surface area contributed by atoms with Gasteiger partial charge in [0.05, 0.1) is 82.3 Å². The van der Waals surface area contributed by atoms with E-state index in [-0.39, 0.29) is 101 Å². The monoisotopic (exact) mass is 974 g/mol. The molecule has 4 amide bonds. The molecule has 0 bridgehead atoms. The van der Waals surface area contributed by atoms with E-state index in [1.807, 2.05) is 24.3 Å². The predicted octanol–water partition coefficient (Wildman–Crippen LogP) is 5.63. The van der Waals surface area contributed by atoms with E-state index in [0.29, 0.717) is 68.1 Å². The normalized spacial score (nSPS) is 15.7. The summed E-state index contributed by atoms with van der Waals surface area (Å²) in [4.78, 5) is 64.6. The Morgan fingerprint density at radius 1 is 0.886 bits per heavy atom. The second kappa shape index (κ2) is 21.5. The number of nitrogens with one attached hydrogen (secondary N) is 3. The van der Waals surface area contributed by atoms with Gasteiger partial charge in [0.2, 0.25) is 23.7 Å². The molecular weight excluding hydrogens is 930 g/mol. The average Bonchev–Trinajstić information content (AvgIpc) is 3.91. The van der Waals surface area contributed by atoms with E-state index in [0.717, 1.165) is 5.56 Å². The van der Waals surface area contributed by atoms with Crippen LogP contribution in [0.15, 0.2) is 96.2 Å². The lowest BCUT2D eigenvalue weighted by molar-refractivity contribution is -0.137. The molecule has 70 heavy (non-hydrogen) atoms. The van der Waals surface area contributed by atoms with E-state index in [4.69, 9.17) is 30.8 Å². The number of aromatic nitrogens is 5. The first kappa shape index (κ1) is 47.7. The van der Waals surface area contributed by atoms with Gasteiger partial charge in [-0.15, -0.1) is 5.10 Å². The van der Waals surface area contributed by atoms with Crippen LogP contribution in [0, 0.1) is 11.6 Å². The van der Waals surface area contributed by atoms with Crippen molar-refractivity contribution in [3.63, 3.8) is 0 Å². The van der Waals surface area contributed by atoms with Gasteiger partial charge in [-0.2, -0.15) is 0 Å². The fraction of sp³-hybridized carbons (Fsp3) is 0.286. The molecule has 1 saturated heterocycles. The number of ether oxygens (including phenoxy) is 3. The maximum atomic E-state index is 14.9. The second-order valence-electron chi connectivity index (χ2n) is 16.6. The van der Waals surface area contributed by atoms with Crippen molar-refractivity contribution >= 4 is 58.3 Å². The summed E-state index contributed by atoms with van der Waals surface area (Å²) < 4.78 is 48.2. The number of amides is 4. The van der Waals surface area contributed by atoms with Gasteiger partial charge in [0.1, 0.15) is 29.5 Å². The summed E-state index contributed by atoms with van der Waals surface area (Å²) in [5, 5.41) is 27.5. The molecule has 9 rings (SSSR count). The van der Waals surface area contributed by atoms with E-state index >= 15 is 0 Å². The topological polar surface area (TPSA) is 224 Å². The highest BCUT2D eigenvalue weighted by Gasteiger charge is 2.39. The van der Waals surface area contributed by atoms with Crippen molar-refractivity contribution in [1.29, 1.82) is 0 Å². The van der Waals surface area contributed by atoms with Crippen molar-refractivity contribution in [1.82, 2.24) is 35.2 Å². The van der Waals surface area contributed by atoms with Crippen molar-refractivity contribution in [2.24, 2.45) is 4.99 Å². The number of nitrogens with zero attached hydrogens (tertiary/aromatic N) is 7. The number of aliphatic hydroxyl groups is 1. The predicted molar refractivity (Wildman–Crippen MR) is 251 cm³/mol. The summed E-state index contributed by atoms with van der Waals surface area (Å²) in [5.74, 6) is -2.57. The SMILES string of the molecule is O=C1CCC(N2Cc3cc(NC(=O)CCOCCOCC(O)COCCn4cc(-c5ccc(Nc6ncc7c(n6)-c6ccc(Cl)cc6C(c6c(F)cccc6F)=NC7)cc5)nn4)ccc3C2=O)C(=O)N1. The minimum Gasteiger partial charge on any atom is -0.388 e. The van der Waals surface area contributed by atoms with Gasteiger partial charge in [0.15, 0.2) is 0 Å². The van der Waals surface area contributed by atoms with Crippen LogP contribution < -0.4 is 16.0 Å². The highest BCUT2D eigenvalue weighted by Crippen LogP contribution is 2.35. The molecular formula is C49H45ClF2N10O8. The number of imide groups is 1. The number of benzene rings is 4. The Morgan fingerprint density at radius 3 is 2.44 bits per heavy atom. The maximum Gasteiger partial charge on any atom is 0.255 e. The zero-order valence-corrected chi connectivity index (χ0v) is 38.1. The molecule has 6 aromatic rings. The molecule has 0 saturated carbocycles. The molecule has 3 aliphatic rings. The standard InChI is InChI=1S/C49H45ClF2N10O8/c50-31-6-10-36-37(21-31)46(44-38(51)2-1-3-39(44)52)53-22-30-23-54-49(58-45(30)36)56-32-7-4-28(5-8-32)40-25-61(60-59-40)15-17-69-26-34(63)27-70-19-18-68-16-14-43(65)55-33-9-11-35-29(20-33)24-62(48(35)67)41-12-13-42(64)57-47(41)66/h1-11,20-21,23,25,34,41,63H,12-19,22,24,26-27H2,(H,55,65)(H,54,56,58)(H,57,64,66). The summed E-state index contributed by atoms with van der Waals surface area (Å²) in [5.41, 5.74) is 5.99. The number of hydrogen-bond acceptors (Lipinski definition) is 14. The number of aliphatic imine (C=N–C) groups is 1. The van der Waals surface area contributed by atoms with E-state index in [1.54, 1.807) is 53.5 Å². The Labute approximate surface area is 404 Å². The summed E-state index contributed by atoms with van der Waals surface area (Å²) in [6.07, 6.45) is 3.07. The van der Waals surface area contributed by atoms with Gasteiger partial charge in [0, 0.05) is 63.4 Å². The van der Waals surface area contributed by atoms with E-state index in [1.165, 1.54) is 23.1 Å². The Bertz CT molecular complexity index is 2970. The molecule has 2 unspecified atom stereocenters. The van der Waals surface area contributed by atoms with Crippen LogP contribution in [-0.4, -0.2) is 116 Å². The molecule has 4 N–H and O–H groups in total. The largest absolute Gasteiger partial charge is 0.388 e. The minimum absolute atomic E-state index is 0.0288. The van der Waals surface area contributed by atoms with Gasteiger partial charge in [-0.1, -0.05) is 41.1 Å². The van der Waals surface area contributed by atoms with Crippen LogP contribution in [0.2, 0.25) is 5.02 Å². The molecule has 4 aromatic carbocycles. The van der Waals surface area contributed by atoms with Crippen LogP contribution in [0.5, 0.6) is 0 Å². The van der Waals surface area contributed by atoms with Gasteiger partial charge in [-0.05, 0) is 66.6 Å². The van der Waals surface area contributed by atoms with Crippen LogP contribution in [0.25, 0.3) is 22.5 Å². The highest BCUT2D eigenvalue weighted by atomic mass is 35.5. The summed E-state index contributed by atoms with van der Waals surface area (Å²) >= 11 is 6.36. The first-order valence-corrected chi connectivity index (χ1v) is 22.8. The Hall–Kier alpha value is -7.36. The van der Waals surface area contributed by atoms with E-state index in [2.05, 4.69) is 36.2 Å². The smallest absolute Gasteiger partial charge is 0.255 e. The van der Waals surface area contributed by atoms with Crippen LogP contribution in [0.1, 0.15) is 51.9 Å². The quantitative estimate of drug-likeness (QED) is 0.0572. The molecule has 18 nitrogen and oxygen atoms in total. The molecule has 5 heterocycles. The average molecular weight is 975 g/mol. The molecule has 360 valence electrons. The van der Waals surface area contributed by atoms with Crippen LogP contribution >= 0.6 is 11.6 Å². The van der Waals surface area contributed by atoms with Gasteiger partial charge in [-0.25, -0.2) is 23.4 Å². The third-order valence-electron chi connectivity index (χ3n) is 11.7. The molecule has 0 spiro atoms. The molecule has 3 aliphatic heterocycles. The van der Waals surface area contributed by atoms with Crippen molar-refractivity contribution in [2.75, 3.05) is 50.3 Å². The first-order chi connectivity index (χ1) is 34.0. The van der Waals surface area contributed by atoms with Crippen molar-refractivity contribution < 1.29 is 47.3 Å². The number of anilines is 3. The number of hydrogen-bond donors (Lipinski definition) is 4.